The normalized spacial score (nSPS) is 14.5. The van der Waals surface area contributed by atoms with E-state index < -0.39 is 23.7 Å². The number of carboxylic acids is 1. The molecule has 33 heavy (non-hydrogen) atoms. The van der Waals surface area contributed by atoms with Gasteiger partial charge in [-0.15, -0.1) is 0 Å². The number of halogens is 1. The molecule has 0 bridgehead atoms. The fourth-order valence-electron chi connectivity index (χ4n) is 2.93. The summed E-state index contributed by atoms with van der Waals surface area (Å²) in [6, 6.07) is 10.3. The highest BCUT2D eigenvalue weighted by Crippen LogP contribution is 2.39. The summed E-state index contributed by atoms with van der Waals surface area (Å²) in [7, 11) is 2.94. The van der Waals surface area contributed by atoms with Crippen LogP contribution in [0.3, 0.4) is 0 Å². The van der Waals surface area contributed by atoms with E-state index in [1.54, 1.807) is 36.4 Å². The molecule has 0 radical (unpaired) electrons. The van der Waals surface area contributed by atoms with Crippen LogP contribution in [0.4, 0.5) is 4.79 Å². The number of amides is 2. The molecule has 0 unspecified atom stereocenters. The Hall–Kier alpha value is -3.18. The van der Waals surface area contributed by atoms with Crippen molar-refractivity contribution in [2.24, 2.45) is 0 Å². The lowest BCUT2D eigenvalue weighted by atomic mass is 10.2. The zero-order valence-corrected chi connectivity index (χ0v) is 20.1. The Labute approximate surface area is 202 Å². The van der Waals surface area contributed by atoms with Gasteiger partial charge in [-0.3, -0.25) is 14.5 Å². The first kappa shape index (κ1) is 24.5. The lowest BCUT2D eigenvalue weighted by Gasteiger charge is -2.14. The Bertz CT molecular complexity index is 1100. The molecule has 1 fully saturated rings. The number of imide groups is 1. The van der Waals surface area contributed by atoms with Gasteiger partial charge in [0.25, 0.3) is 11.1 Å². The van der Waals surface area contributed by atoms with Crippen LogP contribution in [0.5, 0.6) is 23.0 Å². The summed E-state index contributed by atoms with van der Waals surface area (Å²) in [5, 5.41) is 8.42. The van der Waals surface area contributed by atoms with Gasteiger partial charge in [0.15, 0.2) is 29.6 Å². The zero-order chi connectivity index (χ0) is 24.0. The van der Waals surface area contributed by atoms with E-state index in [4.69, 9.17) is 24.1 Å². The Morgan fingerprint density at radius 1 is 1.09 bits per heavy atom. The number of carbonyl (C=O) groups is 3. The third kappa shape index (κ3) is 5.99. The minimum atomic E-state index is -1.13. The Morgan fingerprint density at radius 2 is 1.79 bits per heavy atom. The largest absolute Gasteiger partial charge is 0.493 e. The van der Waals surface area contributed by atoms with Crippen LogP contribution < -0.4 is 18.9 Å². The number of thioether (sulfide) groups is 1. The molecule has 1 aliphatic heterocycles. The molecule has 0 spiro atoms. The second-order valence-electron chi connectivity index (χ2n) is 6.55. The van der Waals surface area contributed by atoms with E-state index in [2.05, 4.69) is 15.9 Å². The maximum atomic E-state index is 12.8. The van der Waals surface area contributed by atoms with Gasteiger partial charge >= 0.3 is 5.97 Å². The lowest BCUT2D eigenvalue weighted by molar-refractivity contribution is -0.139. The molecule has 1 saturated heterocycles. The monoisotopic (exact) mass is 537 g/mol. The predicted octanol–water partition coefficient (Wildman–Crippen LogP) is 4.05. The van der Waals surface area contributed by atoms with E-state index >= 15 is 0 Å². The van der Waals surface area contributed by atoms with Crippen molar-refractivity contribution in [1.82, 2.24) is 4.90 Å². The number of methoxy groups -OCH3 is 2. The highest BCUT2D eigenvalue weighted by molar-refractivity contribution is 9.10. The van der Waals surface area contributed by atoms with Crippen LogP contribution in [0.25, 0.3) is 6.08 Å². The lowest BCUT2D eigenvalue weighted by Crippen LogP contribution is -2.32. The van der Waals surface area contributed by atoms with Crippen molar-refractivity contribution < 1.29 is 38.4 Å². The smallest absolute Gasteiger partial charge is 0.341 e. The highest BCUT2D eigenvalue weighted by atomic mass is 79.9. The summed E-state index contributed by atoms with van der Waals surface area (Å²) in [6.07, 6.45) is 1.56. The van der Waals surface area contributed by atoms with Gasteiger partial charge in [-0.25, -0.2) is 4.79 Å². The molecule has 0 atom stereocenters. The van der Waals surface area contributed by atoms with E-state index in [1.165, 1.54) is 14.2 Å². The third-order valence-electron chi connectivity index (χ3n) is 4.40. The van der Waals surface area contributed by atoms with Gasteiger partial charge in [0.1, 0.15) is 6.61 Å². The number of hydrogen-bond donors (Lipinski definition) is 1. The molecule has 3 rings (SSSR count). The summed E-state index contributed by atoms with van der Waals surface area (Å²) in [6.45, 7) is -0.347. The molecule has 2 aromatic carbocycles. The van der Waals surface area contributed by atoms with Crippen molar-refractivity contribution in [2.75, 3.05) is 34.0 Å². The topological polar surface area (TPSA) is 112 Å². The van der Waals surface area contributed by atoms with Crippen molar-refractivity contribution in [1.29, 1.82) is 0 Å². The van der Waals surface area contributed by atoms with Gasteiger partial charge in [-0.05, 0) is 63.6 Å². The van der Waals surface area contributed by atoms with E-state index in [-0.39, 0.29) is 29.6 Å². The molecule has 2 amide bonds. The van der Waals surface area contributed by atoms with Gasteiger partial charge in [0.2, 0.25) is 0 Å². The summed E-state index contributed by atoms with van der Waals surface area (Å²) in [5.74, 6) is 0.0118. The van der Waals surface area contributed by atoms with Crippen LogP contribution in [0.1, 0.15) is 5.56 Å². The fraction of sp³-hybridized carbons (Fsp3) is 0.227. The van der Waals surface area contributed by atoms with Crippen molar-refractivity contribution >= 4 is 50.9 Å². The SMILES string of the molecule is COc1ccccc1OCCN1C(=O)S/C(=C\c2cc(Br)c(OCC(=O)O)c(OC)c2)C1=O. The maximum absolute atomic E-state index is 12.8. The van der Waals surface area contributed by atoms with E-state index in [9.17, 15) is 14.4 Å². The second-order valence-corrected chi connectivity index (χ2v) is 8.40. The number of ether oxygens (including phenoxy) is 4. The van der Waals surface area contributed by atoms with Crippen molar-refractivity contribution in [2.45, 2.75) is 0 Å². The summed E-state index contributed by atoms with van der Waals surface area (Å²) in [5.41, 5.74) is 0.567. The summed E-state index contributed by atoms with van der Waals surface area (Å²) >= 11 is 4.14. The molecule has 1 heterocycles. The van der Waals surface area contributed by atoms with Crippen molar-refractivity contribution in [3.8, 4) is 23.0 Å². The number of benzene rings is 2. The summed E-state index contributed by atoms with van der Waals surface area (Å²) < 4.78 is 21.8. The first-order valence-corrected chi connectivity index (χ1v) is 11.2. The minimum Gasteiger partial charge on any atom is -0.493 e. The fourth-order valence-corrected chi connectivity index (χ4v) is 4.37. The molecule has 1 N–H and O–H groups in total. The molecule has 11 heteroatoms. The quantitative estimate of drug-likeness (QED) is 0.448. The average molecular weight is 538 g/mol. The Kier molecular flexibility index (Phi) is 8.23. The first-order chi connectivity index (χ1) is 15.8. The number of aliphatic carboxylic acids is 1. The van der Waals surface area contributed by atoms with Gasteiger partial charge in [-0.2, -0.15) is 0 Å². The molecule has 0 aromatic heterocycles. The van der Waals surface area contributed by atoms with E-state index in [0.717, 1.165) is 16.7 Å². The first-order valence-electron chi connectivity index (χ1n) is 9.57. The van der Waals surface area contributed by atoms with E-state index in [0.29, 0.717) is 21.5 Å². The molecular weight excluding hydrogens is 518 g/mol. The molecule has 9 nitrogen and oxygen atoms in total. The van der Waals surface area contributed by atoms with Crippen LogP contribution in [0, 0.1) is 0 Å². The third-order valence-corrected chi connectivity index (χ3v) is 5.90. The van der Waals surface area contributed by atoms with Gasteiger partial charge < -0.3 is 24.1 Å². The average Bonchev–Trinajstić information content (AvgIpc) is 3.05. The number of para-hydroxylation sites is 2. The van der Waals surface area contributed by atoms with Crippen LogP contribution in [0.2, 0.25) is 0 Å². The molecule has 174 valence electrons. The van der Waals surface area contributed by atoms with Crippen molar-refractivity contribution in [3.63, 3.8) is 0 Å². The number of hydrogen-bond acceptors (Lipinski definition) is 8. The number of nitrogens with zero attached hydrogens (tertiary/aromatic N) is 1. The van der Waals surface area contributed by atoms with Crippen LogP contribution in [-0.4, -0.2) is 61.1 Å². The minimum absolute atomic E-state index is 0.0784. The molecule has 1 aliphatic rings. The second kappa shape index (κ2) is 11.1. The highest BCUT2D eigenvalue weighted by Gasteiger charge is 2.35. The summed E-state index contributed by atoms with van der Waals surface area (Å²) in [4.78, 5) is 37.3. The van der Waals surface area contributed by atoms with Crippen LogP contribution in [0.15, 0.2) is 45.8 Å². The van der Waals surface area contributed by atoms with Crippen LogP contribution >= 0.6 is 27.7 Å². The van der Waals surface area contributed by atoms with Gasteiger partial charge in [-0.1, -0.05) is 12.1 Å². The number of rotatable bonds is 10. The van der Waals surface area contributed by atoms with Crippen LogP contribution in [-0.2, 0) is 9.59 Å². The molecule has 0 saturated carbocycles. The van der Waals surface area contributed by atoms with E-state index in [1.807, 2.05) is 6.07 Å². The number of carbonyl (C=O) groups excluding carboxylic acids is 2. The number of carboxylic acid groups (broad SMARTS) is 1. The molecule has 2 aromatic rings. The van der Waals surface area contributed by atoms with Gasteiger partial charge in [0, 0.05) is 0 Å². The van der Waals surface area contributed by atoms with Crippen molar-refractivity contribution in [3.05, 3.63) is 51.3 Å². The molecule has 0 aliphatic carbocycles. The predicted molar refractivity (Wildman–Crippen MR) is 125 cm³/mol. The molecular formula is C22H20BrNO8S. The Morgan fingerprint density at radius 3 is 2.45 bits per heavy atom. The van der Waals surface area contributed by atoms with Gasteiger partial charge in [0.05, 0.1) is 30.1 Å². The zero-order valence-electron chi connectivity index (χ0n) is 17.7. The Balaban J connectivity index is 1.71. The maximum Gasteiger partial charge on any atom is 0.341 e. The standard InChI is InChI=1S/C22H20BrNO8S/c1-29-15-5-3-4-6-16(15)31-8-7-24-21(27)18(33-22(24)28)11-13-9-14(23)20(17(10-13)30-2)32-12-19(25)26/h3-6,9-11H,7-8,12H2,1-2H3,(H,25,26)/b18-11-.